The number of carbonyl (C=O) groups excluding carboxylic acids is 4. The summed E-state index contributed by atoms with van der Waals surface area (Å²) in [6.07, 6.45) is 2.91. The van der Waals surface area contributed by atoms with Gasteiger partial charge in [-0.3, -0.25) is 24.1 Å². The zero-order valence-corrected chi connectivity index (χ0v) is 23.5. The SMILES string of the molecule is CCC(C)(CC(C)(CC)N(CC(C)=O)CC(C)(C)CC(C)(C)N(CC(C)=O)C(C)=O)C(C)=O. The van der Waals surface area contributed by atoms with E-state index in [1.165, 1.54) is 13.8 Å². The van der Waals surface area contributed by atoms with Gasteiger partial charge in [0.1, 0.15) is 17.3 Å². The smallest absolute Gasteiger partial charge is 0.220 e. The second-order valence-corrected chi connectivity index (χ2v) is 12.0. The minimum Gasteiger partial charge on any atom is -0.330 e. The van der Waals surface area contributed by atoms with Gasteiger partial charge in [0, 0.05) is 30.0 Å². The van der Waals surface area contributed by atoms with Crippen molar-refractivity contribution in [2.45, 2.75) is 120 Å². The number of hydrogen-bond donors (Lipinski definition) is 0. The maximum absolute atomic E-state index is 12.5. The highest BCUT2D eigenvalue weighted by Gasteiger charge is 2.43. The van der Waals surface area contributed by atoms with Gasteiger partial charge in [-0.25, -0.2) is 0 Å². The third-order valence-corrected chi connectivity index (χ3v) is 7.36. The average Bonchev–Trinajstić information content (AvgIpc) is 2.63. The maximum atomic E-state index is 12.5. The molecule has 0 aliphatic carbocycles. The topological polar surface area (TPSA) is 74.8 Å². The summed E-state index contributed by atoms with van der Waals surface area (Å²) in [5, 5.41) is 0. The van der Waals surface area contributed by atoms with Crippen LogP contribution in [0.2, 0.25) is 0 Å². The fraction of sp³-hybridized carbons (Fsp3) is 0.852. The van der Waals surface area contributed by atoms with Crippen molar-refractivity contribution in [3.63, 3.8) is 0 Å². The van der Waals surface area contributed by atoms with Gasteiger partial charge >= 0.3 is 0 Å². The number of carbonyl (C=O) groups is 4. The Hall–Kier alpha value is -1.56. The van der Waals surface area contributed by atoms with Crippen LogP contribution in [-0.2, 0) is 19.2 Å². The molecule has 0 fully saturated rings. The number of Topliss-reactive ketones (excluding diaryl/α,β-unsaturated/α-hetero) is 3. The van der Waals surface area contributed by atoms with Crippen molar-refractivity contribution >= 4 is 23.3 Å². The molecule has 6 heteroatoms. The molecule has 0 rings (SSSR count). The van der Waals surface area contributed by atoms with E-state index >= 15 is 0 Å². The molecule has 0 spiro atoms. The molecule has 0 aromatic carbocycles. The molecule has 2 unspecified atom stereocenters. The largest absolute Gasteiger partial charge is 0.330 e. The Kier molecular flexibility index (Phi) is 11.2. The van der Waals surface area contributed by atoms with Crippen LogP contribution in [0, 0.1) is 10.8 Å². The van der Waals surface area contributed by atoms with Crippen LogP contribution in [0.4, 0.5) is 0 Å². The third-order valence-electron chi connectivity index (χ3n) is 7.36. The first-order valence-electron chi connectivity index (χ1n) is 12.3. The summed E-state index contributed by atoms with van der Waals surface area (Å²) in [5.74, 6) is 0.1000. The highest BCUT2D eigenvalue weighted by molar-refractivity contribution is 5.84. The zero-order valence-electron chi connectivity index (χ0n) is 23.5. The second kappa shape index (κ2) is 11.7. The summed E-state index contributed by atoms with van der Waals surface area (Å²) < 4.78 is 0. The highest BCUT2D eigenvalue weighted by Crippen LogP contribution is 2.40. The average molecular weight is 467 g/mol. The van der Waals surface area contributed by atoms with Gasteiger partial charge in [0.25, 0.3) is 0 Å². The molecule has 0 saturated carbocycles. The third kappa shape index (κ3) is 9.30. The number of rotatable bonds is 15. The maximum Gasteiger partial charge on any atom is 0.220 e. The van der Waals surface area contributed by atoms with E-state index in [0.29, 0.717) is 25.9 Å². The predicted molar refractivity (Wildman–Crippen MR) is 135 cm³/mol. The number of hydrogen-bond acceptors (Lipinski definition) is 5. The monoisotopic (exact) mass is 466 g/mol. The Labute approximate surface area is 202 Å². The molecule has 33 heavy (non-hydrogen) atoms. The van der Waals surface area contributed by atoms with Crippen molar-refractivity contribution in [2.24, 2.45) is 10.8 Å². The molecular weight excluding hydrogens is 416 g/mol. The van der Waals surface area contributed by atoms with Crippen LogP contribution < -0.4 is 0 Å². The fourth-order valence-corrected chi connectivity index (χ4v) is 5.32. The molecule has 0 heterocycles. The zero-order chi connectivity index (χ0) is 26.4. The van der Waals surface area contributed by atoms with Crippen molar-refractivity contribution in [2.75, 3.05) is 19.6 Å². The first-order chi connectivity index (χ1) is 14.7. The van der Waals surface area contributed by atoms with Crippen LogP contribution in [0.15, 0.2) is 0 Å². The first kappa shape index (κ1) is 31.4. The van der Waals surface area contributed by atoms with Gasteiger partial charge in [0.2, 0.25) is 5.91 Å². The standard InChI is InChI=1S/C27H50N2O4/c1-13-26(11,22(5)32)18-27(12,14-2)28(15-20(3)30)19-24(7,8)17-25(9,10)29(23(6)33)16-21(4)31/h13-19H2,1-12H3. The molecule has 0 radical (unpaired) electrons. The number of nitrogens with zero attached hydrogens (tertiary/aromatic N) is 2. The van der Waals surface area contributed by atoms with Crippen LogP contribution in [0.25, 0.3) is 0 Å². The molecule has 0 aromatic rings. The van der Waals surface area contributed by atoms with E-state index in [1.54, 1.807) is 18.7 Å². The van der Waals surface area contributed by atoms with Crippen LogP contribution in [-0.4, -0.2) is 63.8 Å². The summed E-state index contributed by atoms with van der Waals surface area (Å²) in [7, 11) is 0. The van der Waals surface area contributed by atoms with Crippen molar-refractivity contribution in [1.29, 1.82) is 0 Å². The number of ketones is 3. The molecule has 0 N–H and O–H groups in total. The minimum absolute atomic E-state index is 0.0454. The molecule has 0 aliphatic rings. The first-order valence-corrected chi connectivity index (χ1v) is 12.3. The van der Waals surface area contributed by atoms with E-state index in [0.717, 1.165) is 12.8 Å². The molecule has 2 atom stereocenters. The van der Waals surface area contributed by atoms with E-state index in [-0.39, 0.29) is 40.8 Å². The normalized spacial score (nSPS) is 16.2. The summed E-state index contributed by atoms with van der Waals surface area (Å²) in [6.45, 7) is 23.9. The lowest BCUT2D eigenvalue weighted by atomic mass is 9.70. The summed E-state index contributed by atoms with van der Waals surface area (Å²) in [6, 6.07) is 0. The summed E-state index contributed by atoms with van der Waals surface area (Å²) in [5.41, 5.74) is -1.55. The minimum atomic E-state index is -0.525. The molecule has 0 saturated heterocycles. The number of amides is 1. The van der Waals surface area contributed by atoms with E-state index in [4.69, 9.17) is 0 Å². The molecule has 1 amide bonds. The molecule has 0 aliphatic heterocycles. The Morgan fingerprint density at radius 3 is 1.52 bits per heavy atom. The Morgan fingerprint density at radius 2 is 1.18 bits per heavy atom. The molecule has 0 aromatic heterocycles. The van der Waals surface area contributed by atoms with Crippen LogP contribution >= 0.6 is 0 Å². The molecule has 6 nitrogen and oxygen atoms in total. The second-order valence-electron chi connectivity index (χ2n) is 12.0. The highest BCUT2D eigenvalue weighted by atomic mass is 16.2. The van der Waals surface area contributed by atoms with Gasteiger partial charge < -0.3 is 4.90 Å². The lowest BCUT2D eigenvalue weighted by Gasteiger charge is -2.50. The van der Waals surface area contributed by atoms with Gasteiger partial charge in [0.15, 0.2) is 0 Å². The van der Waals surface area contributed by atoms with Gasteiger partial charge in [-0.2, -0.15) is 0 Å². The van der Waals surface area contributed by atoms with Gasteiger partial charge in [-0.05, 0) is 72.6 Å². The van der Waals surface area contributed by atoms with Crippen molar-refractivity contribution in [3.05, 3.63) is 0 Å². The van der Waals surface area contributed by atoms with Crippen molar-refractivity contribution in [3.8, 4) is 0 Å². The van der Waals surface area contributed by atoms with E-state index in [1.807, 2.05) is 27.7 Å². The quantitative estimate of drug-likeness (QED) is 0.337. The van der Waals surface area contributed by atoms with E-state index in [2.05, 4.69) is 32.6 Å². The van der Waals surface area contributed by atoms with Crippen LogP contribution in [0.3, 0.4) is 0 Å². The summed E-state index contributed by atoms with van der Waals surface area (Å²) in [4.78, 5) is 52.8. The predicted octanol–water partition coefficient (Wildman–Crippen LogP) is 5.07. The Balaban J connectivity index is 6.07. The van der Waals surface area contributed by atoms with Crippen LogP contribution in [0.1, 0.15) is 109 Å². The van der Waals surface area contributed by atoms with Gasteiger partial charge in [0.05, 0.1) is 13.1 Å². The van der Waals surface area contributed by atoms with Crippen LogP contribution in [0.5, 0.6) is 0 Å². The molecular formula is C27H50N2O4. The van der Waals surface area contributed by atoms with Crippen molar-refractivity contribution < 1.29 is 19.2 Å². The lowest BCUT2D eigenvalue weighted by molar-refractivity contribution is -0.139. The fourth-order valence-electron chi connectivity index (χ4n) is 5.32. The molecule has 192 valence electrons. The Bertz CT molecular complexity index is 728. The van der Waals surface area contributed by atoms with Crippen molar-refractivity contribution in [1.82, 2.24) is 9.80 Å². The van der Waals surface area contributed by atoms with Gasteiger partial charge in [-0.1, -0.05) is 34.6 Å². The Morgan fingerprint density at radius 1 is 0.697 bits per heavy atom. The molecule has 0 bridgehead atoms. The van der Waals surface area contributed by atoms with E-state index < -0.39 is 11.0 Å². The van der Waals surface area contributed by atoms with E-state index in [9.17, 15) is 19.2 Å². The van der Waals surface area contributed by atoms with Gasteiger partial charge in [-0.15, -0.1) is 0 Å². The lowest BCUT2D eigenvalue weighted by Crippen LogP contribution is -2.56. The summed E-state index contributed by atoms with van der Waals surface area (Å²) >= 11 is 0.